The largest absolute Gasteiger partial charge is 0.494 e. The Labute approximate surface area is 265 Å². The fraction of sp³-hybridized carbons (Fsp3) is 0.353. The van der Waals surface area contributed by atoms with Crippen molar-refractivity contribution in [3.05, 3.63) is 83.9 Å². The summed E-state index contributed by atoms with van der Waals surface area (Å²) in [4.78, 5) is 47.9. The molecule has 2 unspecified atom stereocenters. The van der Waals surface area contributed by atoms with Crippen molar-refractivity contribution in [3.8, 4) is 23.0 Å². The number of rotatable bonds is 18. The maximum absolute atomic E-state index is 12.6. The van der Waals surface area contributed by atoms with Crippen molar-refractivity contribution in [1.29, 1.82) is 0 Å². The molecule has 0 aliphatic carbocycles. The van der Waals surface area contributed by atoms with Crippen molar-refractivity contribution < 1.29 is 57.1 Å². The summed E-state index contributed by atoms with van der Waals surface area (Å²) in [5.74, 6) is 0.0405. The molecule has 12 nitrogen and oxygen atoms in total. The zero-order chi connectivity index (χ0) is 32.1. The van der Waals surface area contributed by atoms with Gasteiger partial charge in [0, 0.05) is 0 Å². The van der Waals surface area contributed by atoms with Gasteiger partial charge in [-0.15, -0.1) is 0 Å². The van der Waals surface area contributed by atoms with Crippen LogP contribution in [0.3, 0.4) is 0 Å². The molecule has 0 saturated carbocycles. The van der Waals surface area contributed by atoms with Crippen LogP contribution >= 0.6 is 0 Å². The van der Waals surface area contributed by atoms with Gasteiger partial charge in [-0.25, -0.2) is 19.2 Å². The van der Waals surface area contributed by atoms with Crippen LogP contribution in [-0.4, -0.2) is 75.7 Å². The molecule has 2 fully saturated rings. The molecule has 5 rings (SSSR count). The Morgan fingerprint density at radius 3 is 1.17 bits per heavy atom. The predicted octanol–water partition coefficient (Wildman–Crippen LogP) is 4.33. The Kier molecular flexibility index (Phi) is 11.6. The number of unbranched alkanes of at least 4 members (excludes halogenated alkanes) is 2. The Morgan fingerprint density at radius 2 is 0.826 bits per heavy atom. The van der Waals surface area contributed by atoms with E-state index in [9.17, 15) is 19.2 Å². The van der Waals surface area contributed by atoms with Crippen LogP contribution in [0.15, 0.2) is 72.8 Å². The Bertz CT molecular complexity index is 1350. The lowest BCUT2D eigenvalue weighted by Gasteiger charge is -2.09. The first kappa shape index (κ1) is 32.5. The van der Waals surface area contributed by atoms with Crippen LogP contribution in [0, 0.1) is 0 Å². The van der Waals surface area contributed by atoms with Crippen LogP contribution in [0.2, 0.25) is 0 Å². The standard InChI is InChI=1S/C34H34O12/c35-31(23-5-9-25(10-6-23)39-17-1-3-19-41-33(37)29-21-43-29)45-27-13-15-28(16-14-27)46-32(36)24-7-11-26(12-8-24)40-18-2-4-20-42-34(38)30-22-44-30/h5-16,29-30H,1-4,17-22H2. The summed E-state index contributed by atoms with van der Waals surface area (Å²) in [6.45, 7) is 2.40. The molecule has 2 heterocycles. The number of hydrogen-bond donors (Lipinski definition) is 0. The molecule has 2 aliphatic heterocycles. The van der Waals surface area contributed by atoms with Gasteiger partial charge < -0.3 is 37.9 Å². The first-order chi connectivity index (χ1) is 22.4. The van der Waals surface area contributed by atoms with Crippen LogP contribution in [0.1, 0.15) is 46.4 Å². The van der Waals surface area contributed by atoms with Crippen LogP contribution in [0.4, 0.5) is 0 Å². The van der Waals surface area contributed by atoms with E-state index in [1.807, 2.05) is 0 Å². The summed E-state index contributed by atoms with van der Waals surface area (Å²) >= 11 is 0. The minimum Gasteiger partial charge on any atom is -0.494 e. The van der Waals surface area contributed by atoms with Gasteiger partial charge in [-0.1, -0.05) is 0 Å². The third-order valence-electron chi connectivity index (χ3n) is 6.72. The van der Waals surface area contributed by atoms with Gasteiger partial charge in [0.15, 0.2) is 12.2 Å². The molecule has 2 aliphatic rings. The molecule has 2 atom stereocenters. The minimum atomic E-state index is -0.549. The number of carbonyl (C=O) groups excluding carboxylic acids is 4. The van der Waals surface area contributed by atoms with Gasteiger partial charge in [-0.05, 0) is 98.5 Å². The molecule has 0 radical (unpaired) electrons. The van der Waals surface area contributed by atoms with Crippen molar-refractivity contribution in [2.45, 2.75) is 37.9 Å². The van der Waals surface area contributed by atoms with Crippen molar-refractivity contribution in [1.82, 2.24) is 0 Å². The summed E-state index contributed by atoms with van der Waals surface area (Å²) in [6.07, 6.45) is 1.97. The molecule has 3 aromatic carbocycles. The Balaban J connectivity index is 0.965. The SMILES string of the molecule is O=C(Oc1ccc(OC(=O)c2ccc(OCCCCOC(=O)C3CO3)cc2)cc1)c1ccc(OCCCCOC(=O)C2CO2)cc1. The summed E-state index contributed by atoms with van der Waals surface area (Å²) in [5.41, 5.74) is 0.684. The second-order valence-electron chi connectivity index (χ2n) is 10.4. The van der Waals surface area contributed by atoms with Gasteiger partial charge >= 0.3 is 23.9 Å². The highest BCUT2D eigenvalue weighted by Crippen LogP contribution is 2.22. The fourth-order valence-corrected chi connectivity index (χ4v) is 3.97. The molecule has 46 heavy (non-hydrogen) atoms. The highest BCUT2D eigenvalue weighted by atomic mass is 16.6. The van der Waals surface area contributed by atoms with E-state index in [1.54, 1.807) is 48.5 Å². The van der Waals surface area contributed by atoms with E-state index in [-0.39, 0.29) is 35.6 Å². The monoisotopic (exact) mass is 634 g/mol. The number of esters is 4. The first-order valence-corrected chi connectivity index (χ1v) is 15.0. The summed E-state index contributed by atoms with van der Waals surface area (Å²) in [6, 6.07) is 19.3. The molecule has 0 spiro atoms. The zero-order valence-electron chi connectivity index (χ0n) is 25.1. The second kappa shape index (κ2) is 16.4. The maximum Gasteiger partial charge on any atom is 0.343 e. The second-order valence-corrected chi connectivity index (χ2v) is 10.4. The third kappa shape index (κ3) is 10.6. The average molecular weight is 635 g/mol. The van der Waals surface area contributed by atoms with E-state index in [2.05, 4.69) is 0 Å². The van der Waals surface area contributed by atoms with E-state index in [0.29, 0.717) is 88.0 Å². The molecule has 0 amide bonds. The topological polar surface area (TPSA) is 149 Å². The normalized spacial score (nSPS) is 16.1. The number of epoxide rings is 2. The van der Waals surface area contributed by atoms with Crippen LogP contribution in [-0.2, 0) is 28.5 Å². The van der Waals surface area contributed by atoms with Gasteiger partial charge in [0.1, 0.15) is 23.0 Å². The molecule has 12 heteroatoms. The molecular formula is C34H34O12. The highest BCUT2D eigenvalue weighted by Gasteiger charge is 2.33. The van der Waals surface area contributed by atoms with E-state index >= 15 is 0 Å². The number of carbonyl (C=O) groups is 4. The van der Waals surface area contributed by atoms with E-state index in [1.165, 1.54) is 24.3 Å². The summed E-state index contributed by atoms with van der Waals surface area (Å²) < 4.78 is 42.1. The van der Waals surface area contributed by atoms with E-state index in [4.69, 9.17) is 37.9 Å². The Hall–Kier alpha value is -4.94. The van der Waals surface area contributed by atoms with Gasteiger partial charge in [0.2, 0.25) is 0 Å². The molecule has 242 valence electrons. The number of benzene rings is 3. The van der Waals surface area contributed by atoms with Crippen LogP contribution in [0.25, 0.3) is 0 Å². The van der Waals surface area contributed by atoms with Gasteiger partial charge in [0.05, 0.1) is 50.8 Å². The molecule has 0 bridgehead atoms. The molecule has 0 N–H and O–H groups in total. The van der Waals surface area contributed by atoms with Gasteiger partial charge in [0.25, 0.3) is 0 Å². The minimum absolute atomic E-state index is 0.288. The molecule has 3 aromatic rings. The fourth-order valence-electron chi connectivity index (χ4n) is 3.97. The van der Waals surface area contributed by atoms with Gasteiger partial charge in [-0.2, -0.15) is 0 Å². The van der Waals surface area contributed by atoms with Gasteiger partial charge in [-0.3, -0.25) is 0 Å². The van der Waals surface area contributed by atoms with E-state index < -0.39 is 11.9 Å². The molecule has 2 saturated heterocycles. The zero-order valence-corrected chi connectivity index (χ0v) is 25.1. The quantitative estimate of drug-likeness (QED) is 0.0849. The molecular weight excluding hydrogens is 600 g/mol. The highest BCUT2D eigenvalue weighted by molar-refractivity contribution is 5.92. The Morgan fingerprint density at radius 1 is 0.500 bits per heavy atom. The van der Waals surface area contributed by atoms with Crippen molar-refractivity contribution in [3.63, 3.8) is 0 Å². The predicted molar refractivity (Wildman–Crippen MR) is 160 cm³/mol. The lowest BCUT2D eigenvalue weighted by molar-refractivity contribution is -0.146. The van der Waals surface area contributed by atoms with Crippen LogP contribution < -0.4 is 18.9 Å². The lowest BCUT2D eigenvalue weighted by atomic mass is 10.2. The van der Waals surface area contributed by atoms with Crippen molar-refractivity contribution >= 4 is 23.9 Å². The average Bonchev–Trinajstić information content (AvgIpc) is 3.99. The summed E-state index contributed by atoms with van der Waals surface area (Å²) in [7, 11) is 0. The smallest absolute Gasteiger partial charge is 0.343 e. The lowest BCUT2D eigenvalue weighted by Crippen LogP contribution is -2.12. The van der Waals surface area contributed by atoms with Crippen molar-refractivity contribution in [2.75, 3.05) is 39.6 Å². The first-order valence-electron chi connectivity index (χ1n) is 15.0. The number of hydrogen-bond acceptors (Lipinski definition) is 12. The maximum atomic E-state index is 12.6. The van der Waals surface area contributed by atoms with Crippen LogP contribution in [0.5, 0.6) is 23.0 Å². The van der Waals surface area contributed by atoms with E-state index in [0.717, 1.165) is 0 Å². The molecule has 0 aromatic heterocycles. The number of ether oxygens (including phenoxy) is 8. The summed E-state index contributed by atoms with van der Waals surface area (Å²) in [5, 5.41) is 0. The third-order valence-corrected chi connectivity index (χ3v) is 6.72. The van der Waals surface area contributed by atoms with Crippen molar-refractivity contribution in [2.24, 2.45) is 0 Å².